The number of rotatable bonds is 3. The summed E-state index contributed by atoms with van der Waals surface area (Å²) in [6.07, 6.45) is 3.13. The molecule has 0 atom stereocenters. The largest absolute Gasteiger partial charge is 0.371 e. The maximum atomic E-state index is 11.6. The third kappa shape index (κ3) is 2.92. The maximum absolute atomic E-state index is 11.6. The molecule has 1 saturated heterocycles. The van der Waals surface area contributed by atoms with Crippen molar-refractivity contribution in [2.24, 2.45) is 5.41 Å². The van der Waals surface area contributed by atoms with E-state index in [1.54, 1.807) is 0 Å². The lowest BCUT2D eigenvalue weighted by Gasteiger charge is -2.39. The summed E-state index contributed by atoms with van der Waals surface area (Å²) in [5, 5.41) is 0. The summed E-state index contributed by atoms with van der Waals surface area (Å²) in [5.41, 5.74) is 2.48. The van der Waals surface area contributed by atoms with Gasteiger partial charge in [0.15, 0.2) is 5.78 Å². The lowest BCUT2D eigenvalue weighted by molar-refractivity contribution is 0.0988. The number of hydrogen-bond donors (Lipinski definition) is 0. The predicted octanol–water partition coefficient (Wildman–Crippen LogP) is 3.91. The second-order valence-electron chi connectivity index (χ2n) is 6.01. The molecule has 1 aliphatic heterocycles. The molecule has 0 N–H and O–H groups in total. The lowest BCUT2D eigenvalue weighted by atomic mass is 9.84. The van der Waals surface area contributed by atoms with Crippen LogP contribution in [-0.2, 0) is 0 Å². The van der Waals surface area contributed by atoms with Gasteiger partial charge in [-0.25, -0.2) is 0 Å². The van der Waals surface area contributed by atoms with Crippen LogP contribution < -0.4 is 4.90 Å². The summed E-state index contributed by atoms with van der Waals surface area (Å²) in [5.74, 6) is 0.223. The number of nitrogens with zero attached hydrogens (tertiary/aromatic N) is 1. The first-order valence-electron chi connectivity index (χ1n) is 6.90. The molecule has 1 aromatic carbocycles. The molecule has 0 bridgehead atoms. The number of benzene rings is 1. The van der Waals surface area contributed by atoms with Crippen LogP contribution in [0.3, 0.4) is 0 Å². The van der Waals surface area contributed by atoms with Crippen molar-refractivity contribution in [3.63, 3.8) is 0 Å². The van der Waals surface area contributed by atoms with Crippen LogP contribution in [0.15, 0.2) is 24.3 Å². The minimum atomic E-state index is 0.223. The van der Waals surface area contributed by atoms with E-state index in [4.69, 9.17) is 0 Å². The molecule has 1 aromatic rings. The standard InChI is InChI=1S/C16H23NO/c1-4-15(18)13-6-8-14(9-7-13)17-11-5-10-16(2,3)12-17/h6-9H,4-5,10-12H2,1-3H3. The highest BCUT2D eigenvalue weighted by molar-refractivity contribution is 5.96. The van der Waals surface area contributed by atoms with E-state index in [2.05, 4.69) is 30.9 Å². The molecular formula is C16H23NO. The van der Waals surface area contributed by atoms with Crippen LogP contribution in [0.4, 0.5) is 5.69 Å². The second kappa shape index (κ2) is 5.13. The number of hydrogen-bond acceptors (Lipinski definition) is 2. The normalized spacial score (nSPS) is 18.7. The fourth-order valence-electron chi connectivity index (χ4n) is 2.71. The Balaban J connectivity index is 2.12. The van der Waals surface area contributed by atoms with Crippen LogP contribution in [0.1, 0.15) is 50.4 Å². The van der Waals surface area contributed by atoms with Gasteiger partial charge in [-0.1, -0.05) is 20.8 Å². The van der Waals surface area contributed by atoms with Crippen molar-refractivity contribution in [2.45, 2.75) is 40.0 Å². The molecule has 0 aliphatic carbocycles. The van der Waals surface area contributed by atoms with Crippen molar-refractivity contribution in [2.75, 3.05) is 18.0 Å². The quantitative estimate of drug-likeness (QED) is 0.753. The van der Waals surface area contributed by atoms with Crippen LogP contribution in [0, 0.1) is 5.41 Å². The molecule has 0 saturated carbocycles. The van der Waals surface area contributed by atoms with Gasteiger partial charge < -0.3 is 4.90 Å². The molecule has 2 rings (SSSR count). The summed E-state index contributed by atoms with van der Waals surface area (Å²) in [7, 11) is 0. The van der Waals surface area contributed by atoms with E-state index in [0.717, 1.165) is 18.7 Å². The molecular weight excluding hydrogens is 222 g/mol. The zero-order valence-corrected chi connectivity index (χ0v) is 11.7. The van der Waals surface area contributed by atoms with Crippen LogP contribution in [0.25, 0.3) is 0 Å². The van der Waals surface area contributed by atoms with Gasteiger partial charge in [-0.2, -0.15) is 0 Å². The highest BCUT2D eigenvalue weighted by atomic mass is 16.1. The first-order valence-corrected chi connectivity index (χ1v) is 6.90. The predicted molar refractivity (Wildman–Crippen MR) is 76.3 cm³/mol. The minimum Gasteiger partial charge on any atom is -0.371 e. The molecule has 0 unspecified atom stereocenters. The first-order chi connectivity index (χ1) is 8.52. The molecule has 0 aromatic heterocycles. The van der Waals surface area contributed by atoms with Gasteiger partial charge in [-0.05, 0) is 42.5 Å². The Hall–Kier alpha value is -1.31. The van der Waals surface area contributed by atoms with E-state index >= 15 is 0 Å². The summed E-state index contributed by atoms with van der Waals surface area (Å²) < 4.78 is 0. The fourth-order valence-corrected chi connectivity index (χ4v) is 2.71. The number of Topliss-reactive ketones (excluding diaryl/α,β-unsaturated/α-hetero) is 1. The maximum Gasteiger partial charge on any atom is 0.162 e. The third-order valence-corrected chi connectivity index (χ3v) is 3.78. The molecule has 2 heteroatoms. The summed E-state index contributed by atoms with van der Waals surface area (Å²) in [6, 6.07) is 8.10. The van der Waals surface area contributed by atoms with Gasteiger partial charge in [0.25, 0.3) is 0 Å². The molecule has 18 heavy (non-hydrogen) atoms. The molecule has 0 spiro atoms. The van der Waals surface area contributed by atoms with Crippen molar-refractivity contribution in [3.8, 4) is 0 Å². The van der Waals surface area contributed by atoms with Crippen molar-refractivity contribution in [1.29, 1.82) is 0 Å². The molecule has 2 nitrogen and oxygen atoms in total. The SMILES string of the molecule is CCC(=O)c1ccc(N2CCCC(C)(C)C2)cc1. The van der Waals surface area contributed by atoms with Gasteiger partial charge in [-0.15, -0.1) is 0 Å². The molecule has 1 aliphatic rings. The summed E-state index contributed by atoms with van der Waals surface area (Å²) in [6.45, 7) is 8.80. The lowest BCUT2D eigenvalue weighted by Crippen LogP contribution is -2.40. The van der Waals surface area contributed by atoms with E-state index in [1.165, 1.54) is 18.5 Å². The van der Waals surface area contributed by atoms with E-state index in [0.29, 0.717) is 11.8 Å². The molecule has 0 amide bonds. The number of ketones is 1. The molecule has 0 radical (unpaired) electrons. The highest BCUT2D eigenvalue weighted by Gasteiger charge is 2.26. The monoisotopic (exact) mass is 245 g/mol. The molecule has 1 heterocycles. The Morgan fingerprint density at radius 3 is 2.50 bits per heavy atom. The average molecular weight is 245 g/mol. The van der Waals surface area contributed by atoms with E-state index < -0.39 is 0 Å². The Labute approximate surface area is 110 Å². The number of piperidine rings is 1. The van der Waals surface area contributed by atoms with Gasteiger partial charge in [0.1, 0.15) is 0 Å². The van der Waals surface area contributed by atoms with Gasteiger partial charge in [0.05, 0.1) is 0 Å². The third-order valence-electron chi connectivity index (χ3n) is 3.78. The second-order valence-corrected chi connectivity index (χ2v) is 6.01. The van der Waals surface area contributed by atoms with Crippen molar-refractivity contribution in [1.82, 2.24) is 0 Å². The fraction of sp³-hybridized carbons (Fsp3) is 0.562. The Bertz CT molecular complexity index is 419. The number of carbonyl (C=O) groups excluding carboxylic acids is 1. The van der Waals surface area contributed by atoms with Gasteiger partial charge >= 0.3 is 0 Å². The zero-order chi connectivity index (χ0) is 13.2. The van der Waals surface area contributed by atoms with Crippen LogP contribution >= 0.6 is 0 Å². The van der Waals surface area contributed by atoms with Gasteiger partial charge in [0, 0.05) is 30.8 Å². The van der Waals surface area contributed by atoms with Crippen LogP contribution in [0.2, 0.25) is 0 Å². The Morgan fingerprint density at radius 2 is 1.94 bits per heavy atom. The van der Waals surface area contributed by atoms with Crippen LogP contribution in [0.5, 0.6) is 0 Å². The van der Waals surface area contributed by atoms with Gasteiger partial charge in [-0.3, -0.25) is 4.79 Å². The zero-order valence-electron chi connectivity index (χ0n) is 11.7. The first kappa shape index (κ1) is 13.1. The molecule has 1 fully saturated rings. The number of carbonyl (C=O) groups is 1. The summed E-state index contributed by atoms with van der Waals surface area (Å²) >= 11 is 0. The Morgan fingerprint density at radius 1 is 1.28 bits per heavy atom. The Kier molecular flexibility index (Phi) is 3.74. The van der Waals surface area contributed by atoms with E-state index in [-0.39, 0.29) is 5.78 Å². The number of anilines is 1. The molecule has 98 valence electrons. The van der Waals surface area contributed by atoms with Crippen molar-refractivity contribution >= 4 is 11.5 Å². The van der Waals surface area contributed by atoms with E-state index in [1.807, 2.05) is 19.1 Å². The summed E-state index contributed by atoms with van der Waals surface area (Å²) in [4.78, 5) is 14.0. The van der Waals surface area contributed by atoms with E-state index in [9.17, 15) is 4.79 Å². The van der Waals surface area contributed by atoms with Crippen molar-refractivity contribution < 1.29 is 4.79 Å². The van der Waals surface area contributed by atoms with Crippen LogP contribution in [-0.4, -0.2) is 18.9 Å². The minimum absolute atomic E-state index is 0.223. The highest BCUT2D eigenvalue weighted by Crippen LogP contribution is 2.31. The van der Waals surface area contributed by atoms with Crippen molar-refractivity contribution in [3.05, 3.63) is 29.8 Å². The average Bonchev–Trinajstić information content (AvgIpc) is 2.37. The smallest absolute Gasteiger partial charge is 0.162 e. The topological polar surface area (TPSA) is 20.3 Å². The van der Waals surface area contributed by atoms with Gasteiger partial charge in [0.2, 0.25) is 0 Å².